The summed E-state index contributed by atoms with van der Waals surface area (Å²) in [5, 5.41) is 8.40. The van der Waals surface area contributed by atoms with Crippen molar-refractivity contribution in [2.24, 2.45) is 7.05 Å². The third-order valence-corrected chi connectivity index (χ3v) is 8.77. The predicted molar refractivity (Wildman–Crippen MR) is 144 cm³/mol. The van der Waals surface area contributed by atoms with Crippen LogP contribution in [0.1, 0.15) is 54.7 Å². The lowest BCUT2D eigenvalue weighted by Gasteiger charge is -2.46. The average molecular weight is 573 g/mol. The number of hydrogen-bond donors (Lipinski definition) is 0. The number of pyridine rings is 1. The first-order valence-electron chi connectivity index (χ1n) is 13.7. The van der Waals surface area contributed by atoms with E-state index in [0.717, 1.165) is 34.7 Å². The number of rotatable bonds is 7. The number of ether oxygens (including phenoxy) is 1. The number of halogens is 4. The van der Waals surface area contributed by atoms with Crippen molar-refractivity contribution < 1.29 is 22.3 Å². The molecule has 1 aliphatic carbocycles. The monoisotopic (exact) mass is 572 g/mol. The molecule has 0 amide bonds. The van der Waals surface area contributed by atoms with Gasteiger partial charge in [-0.15, -0.1) is 10.2 Å². The van der Waals surface area contributed by atoms with Gasteiger partial charge in [0.15, 0.2) is 0 Å². The van der Waals surface area contributed by atoms with Gasteiger partial charge in [0.25, 0.3) is 0 Å². The number of aryl methyl sites for hydroxylation is 1. The summed E-state index contributed by atoms with van der Waals surface area (Å²) in [5.74, 6) is 0.844. The number of aromatic nitrogens is 5. The van der Waals surface area contributed by atoms with Crippen LogP contribution >= 0.6 is 0 Å². The van der Waals surface area contributed by atoms with Crippen LogP contribution in [0, 0.1) is 0 Å². The van der Waals surface area contributed by atoms with Gasteiger partial charge in [-0.2, -0.15) is 13.2 Å². The van der Waals surface area contributed by atoms with Crippen LogP contribution in [0.5, 0.6) is 0 Å². The van der Waals surface area contributed by atoms with Gasteiger partial charge in [-0.1, -0.05) is 12.1 Å². The Labute approximate surface area is 234 Å². The molecular weight excluding hydrogens is 540 g/mol. The van der Waals surface area contributed by atoms with E-state index in [0.29, 0.717) is 30.6 Å². The summed E-state index contributed by atoms with van der Waals surface area (Å²) in [4.78, 5) is 15.4. The third kappa shape index (κ3) is 4.86. The fourth-order valence-electron chi connectivity index (χ4n) is 6.51. The Bertz CT molecular complexity index is 1630. The maximum Gasteiger partial charge on any atom is 0.418 e. The molecule has 0 N–H and O–H groups in total. The second-order valence-electron chi connectivity index (χ2n) is 11.4. The highest BCUT2D eigenvalue weighted by atomic mass is 19.4. The molecule has 4 aromatic rings. The van der Waals surface area contributed by atoms with E-state index in [1.807, 2.05) is 23.7 Å². The number of hydrogen-bond acceptors (Lipinski definition) is 5. The van der Waals surface area contributed by atoms with Crippen LogP contribution in [0.25, 0.3) is 11.2 Å². The van der Waals surface area contributed by atoms with Crippen molar-refractivity contribution in [2.75, 3.05) is 20.2 Å². The number of fused-ring (bicyclic) bond motifs is 1. The highest BCUT2D eigenvalue weighted by Crippen LogP contribution is 2.46. The summed E-state index contributed by atoms with van der Waals surface area (Å²) in [7, 11) is 3.58. The van der Waals surface area contributed by atoms with Crippen molar-refractivity contribution in [3.8, 4) is 5.69 Å². The molecule has 41 heavy (non-hydrogen) atoms. The molecule has 2 fully saturated rings. The molecule has 0 unspecified atom stereocenters. The topological polar surface area (TPSA) is 69.6 Å². The molecule has 0 bridgehead atoms. The maximum atomic E-state index is 14.2. The van der Waals surface area contributed by atoms with Gasteiger partial charge in [-0.3, -0.25) is 13.9 Å². The normalized spacial score (nSPS) is 24.2. The van der Waals surface area contributed by atoms with Crippen molar-refractivity contribution in [3.05, 3.63) is 82.1 Å². The molecule has 4 heterocycles. The fourth-order valence-corrected chi connectivity index (χ4v) is 6.51. The molecule has 1 aromatic carbocycles. The van der Waals surface area contributed by atoms with Crippen LogP contribution in [0.2, 0.25) is 0 Å². The standard InChI is InChI=1S/C29H32F4N6O2/c1-18(37-8-7-21(30)15-37)20-10-24(29(31,32)33)25-16-38(27(40)39(25)14-20)22-6-4-5-19(9-22)11-28(12-23(13-28)41-3)26-35-34-17-36(26)2/h4-6,9-10,14,16-18,21,23H,7-8,11-13,15H2,1-3H3/t18-,21+,23?,28?/m0/s1. The Morgan fingerprint density at radius 3 is 2.61 bits per heavy atom. The number of benzene rings is 1. The smallest absolute Gasteiger partial charge is 0.381 e. The fraction of sp³-hybridized carbons (Fsp3) is 0.483. The predicted octanol–water partition coefficient (Wildman–Crippen LogP) is 4.63. The first kappa shape index (κ1) is 27.6. The molecule has 1 aliphatic heterocycles. The zero-order valence-electron chi connectivity index (χ0n) is 23.1. The van der Waals surface area contributed by atoms with E-state index in [2.05, 4.69) is 10.2 Å². The van der Waals surface area contributed by atoms with Gasteiger partial charge >= 0.3 is 11.9 Å². The van der Waals surface area contributed by atoms with Gasteiger partial charge in [0.2, 0.25) is 0 Å². The second kappa shape index (κ2) is 10.1. The number of imidazole rings is 1. The van der Waals surface area contributed by atoms with Gasteiger partial charge < -0.3 is 9.30 Å². The van der Waals surface area contributed by atoms with Crippen LogP contribution in [0.3, 0.4) is 0 Å². The summed E-state index contributed by atoms with van der Waals surface area (Å²) in [6, 6.07) is 7.89. The molecule has 0 radical (unpaired) electrons. The molecule has 2 aliphatic rings. The van der Waals surface area contributed by atoms with Crippen molar-refractivity contribution in [1.82, 2.24) is 28.6 Å². The Hall–Kier alpha value is -3.51. The van der Waals surface area contributed by atoms with Crippen LogP contribution < -0.4 is 5.69 Å². The zero-order chi connectivity index (χ0) is 29.1. The largest absolute Gasteiger partial charge is 0.418 e. The minimum atomic E-state index is -4.68. The van der Waals surface area contributed by atoms with Crippen molar-refractivity contribution in [3.63, 3.8) is 0 Å². The van der Waals surface area contributed by atoms with E-state index >= 15 is 0 Å². The number of nitrogens with zero attached hydrogens (tertiary/aromatic N) is 6. The van der Waals surface area contributed by atoms with E-state index in [1.165, 1.54) is 17.0 Å². The van der Waals surface area contributed by atoms with Crippen molar-refractivity contribution in [1.29, 1.82) is 0 Å². The summed E-state index contributed by atoms with van der Waals surface area (Å²) < 4.78 is 66.3. The number of alkyl halides is 4. The van der Waals surface area contributed by atoms with E-state index in [1.54, 1.807) is 37.4 Å². The zero-order valence-corrected chi connectivity index (χ0v) is 23.1. The van der Waals surface area contributed by atoms with E-state index in [9.17, 15) is 22.4 Å². The number of likely N-dealkylation sites (tertiary alicyclic amines) is 1. The minimum absolute atomic E-state index is 0.100. The molecule has 6 rings (SSSR count). The lowest BCUT2D eigenvalue weighted by Crippen LogP contribution is -2.48. The third-order valence-electron chi connectivity index (χ3n) is 8.77. The quantitative estimate of drug-likeness (QED) is 0.302. The van der Waals surface area contributed by atoms with Gasteiger partial charge in [0, 0.05) is 51.1 Å². The highest BCUT2D eigenvalue weighted by molar-refractivity contribution is 5.58. The molecule has 3 aromatic heterocycles. The lowest BCUT2D eigenvalue weighted by molar-refractivity contribution is -0.136. The molecule has 218 valence electrons. The van der Waals surface area contributed by atoms with Crippen molar-refractivity contribution >= 4 is 5.52 Å². The highest BCUT2D eigenvalue weighted by Gasteiger charge is 2.49. The van der Waals surface area contributed by atoms with E-state index < -0.39 is 29.6 Å². The molecule has 0 spiro atoms. The van der Waals surface area contributed by atoms with Crippen LogP contribution in [0.4, 0.5) is 17.6 Å². The first-order chi connectivity index (χ1) is 19.5. The molecular formula is C29H32F4N6O2. The lowest BCUT2D eigenvalue weighted by atomic mass is 9.63. The first-order valence-corrected chi connectivity index (χ1v) is 13.7. The van der Waals surface area contributed by atoms with Gasteiger partial charge in [-0.05, 0) is 61.9 Å². The summed E-state index contributed by atoms with van der Waals surface area (Å²) in [5.41, 5.74) is -0.332. The summed E-state index contributed by atoms with van der Waals surface area (Å²) in [6.45, 7) is 2.35. The van der Waals surface area contributed by atoms with Gasteiger partial charge in [-0.25, -0.2) is 9.18 Å². The van der Waals surface area contributed by atoms with Crippen molar-refractivity contribution in [2.45, 2.75) is 62.5 Å². The Kier molecular flexibility index (Phi) is 6.80. The summed E-state index contributed by atoms with van der Waals surface area (Å²) in [6.07, 6.45) is 1.23. The Balaban J connectivity index is 1.39. The van der Waals surface area contributed by atoms with Crippen LogP contribution in [-0.4, -0.2) is 61.1 Å². The van der Waals surface area contributed by atoms with E-state index in [4.69, 9.17) is 4.74 Å². The van der Waals surface area contributed by atoms with Gasteiger partial charge in [0.1, 0.15) is 18.3 Å². The molecule has 8 nitrogen and oxygen atoms in total. The molecule has 2 atom stereocenters. The van der Waals surface area contributed by atoms with E-state index in [-0.39, 0.29) is 23.6 Å². The Morgan fingerprint density at radius 1 is 1.20 bits per heavy atom. The van der Waals surface area contributed by atoms with Gasteiger partial charge in [0.05, 0.1) is 22.9 Å². The van der Waals surface area contributed by atoms with Crippen LogP contribution in [-0.2, 0) is 29.8 Å². The molecule has 1 saturated heterocycles. The molecule has 12 heteroatoms. The Morgan fingerprint density at radius 2 is 1.98 bits per heavy atom. The minimum Gasteiger partial charge on any atom is -0.381 e. The molecule has 1 saturated carbocycles. The maximum absolute atomic E-state index is 14.2. The SMILES string of the molecule is COC1CC(Cc2cccc(-n3cc4c(C(F)(F)F)cc([C@H](C)N5CC[C@@H](F)C5)cn4c3=O)c2)(c2nncn2C)C1. The number of methoxy groups -OCH3 is 1. The average Bonchev–Trinajstić information content (AvgIpc) is 3.63. The second-order valence-corrected chi connectivity index (χ2v) is 11.4. The van der Waals surface area contributed by atoms with Crippen LogP contribution in [0.15, 0.2) is 53.8 Å². The summed E-state index contributed by atoms with van der Waals surface area (Å²) >= 11 is 0.